The van der Waals surface area contributed by atoms with E-state index >= 15 is 0 Å². The van der Waals surface area contributed by atoms with E-state index in [1.807, 2.05) is 31.2 Å². The zero-order chi connectivity index (χ0) is 21.7. The smallest absolute Gasteiger partial charge is 0.261 e. The molecule has 156 valence electrons. The zero-order valence-corrected chi connectivity index (χ0v) is 17.9. The molecule has 3 rings (SSSR count). The summed E-state index contributed by atoms with van der Waals surface area (Å²) >= 11 is 0. The maximum Gasteiger partial charge on any atom is 0.261 e. The van der Waals surface area contributed by atoms with Crippen molar-refractivity contribution in [3.05, 3.63) is 89.5 Å². The normalized spacial score (nSPS) is 11.0. The van der Waals surface area contributed by atoms with E-state index in [2.05, 4.69) is 4.72 Å². The summed E-state index contributed by atoms with van der Waals surface area (Å²) in [5.74, 6) is 0.438. The van der Waals surface area contributed by atoms with Gasteiger partial charge in [0.1, 0.15) is 5.75 Å². The van der Waals surface area contributed by atoms with Crippen LogP contribution in [0.25, 0.3) is 0 Å². The van der Waals surface area contributed by atoms with Crippen LogP contribution in [0.15, 0.2) is 77.7 Å². The van der Waals surface area contributed by atoms with E-state index < -0.39 is 10.0 Å². The van der Waals surface area contributed by atoms with Gasteiger partial charge in [-0.05, 0) is 61.0 Å². The number of methoxy groups -OCH3 is 1. The number of benzene rings is 3. The minimum absolute atomic E-state index is 0.126. The maximum atomic E-state index is 12.7. The van der Waals surface area contributed by atoms with Gasteiger partial charge >= 0.3 is 0 Å². The molecule has 7 heteroatoms. The lowest BCUT2D eigenvalue weighted by Crippen LogP contribution is -2.26. The molecule has 0 heterocycles. The Balaban J connectivity index is 1.68. The van der Waals surface area contributed by atoms with Crippen molar-refractivity contribution in [3.63, 3.8) is 0 Å². The van der Waals surface area contributed by atoms with E-state index in [1.165, 1.54) is 19.2 Å². The van der Waals surface area contributed by atoms with Crippen molar-refractivity contribution < 1.29 is 17.9 Å². The topological polar surface area (TPSA) is 75.7 Å². The molecule has 0 aliphatic carbocycles. The van der Waals surface area contributed by atoms with Gasteiger partial charge in [-0.2, -0.15) is 0 Å². The number of anilines is 1. The number of sulfonamides is 1. The first-order valence-corrected chi connectivity index (χ1v) is 10.8. The molecule has 1 N–H and O–H groups in total. The van der Waals surface area contributed by atoms with Gasteiger partial charge in [0.2, 0.25) is 0 Å². The third-order valence-corrected chi connectivity index (χ3v) is 6.00. The molecule has 0 unspecified atom stereocenters. The number of hydrogen-bond acceptors (Lipinski definition) is 4. The molecule has 0 fully saturated rings. The Labute approximate surface area is 177 Å². The molecule has 0 atom stereocenters. The lowest BCUT2D eigenvalue weighted by molar-refractivity contribution is 0.0785. The molecule has 0 aliphatic rings. The van der Waals surface area contributed by atoms with E-state index in [-0.39, 0.29) is 10.8 Å². The Morgan fingerprint density at radius 3 is 2.27 bits per heavy atom. The van der Waals surface area contributed by atoms with Gasteiger partial charge in [-0.1, -0.05) is 29.8 Å². The highest BCUT2D eigenvalue weighted by Crippen LogP contribution is 2.20. The summed E-state index contributed by atoms with van der Waals surface area (Å²) in [4.78, 5) is 14.4. The Hall–Kier alpha value is -3.32. The van der Waals surface area contributed by atoms with Crippen molar-refractivity contribution in [2.75, 3.05) is 18.9 Å². The highest BCUT2D eigenvalue weighted by Gasteiger charge is 2.16. The fraction of sp³-hybridized carbons (Fsp3) is 0.174. The molecule has 0 saturated carbocycles. The van der Waals surface area contributed by atoms with Gasteiger partial charge in [-0.3, -0.25) is 9.52 Å². The number of carbonyl (C=O) groups is 1. The molecule has 0 aromatic heterocycles. The van der Waals surface area contributed by atoms with Gasteiger partial charge in [-0.15, -0.1) is 0 Å². The van der Waals surface area contributed by atoms with Crippen molar-refractivity contribution >= 4 is 21.6 Å². The van der Waals surface area contributed by atoms with Crippen molar-refractivity contribution in [1.29, 1.82) is 0 Å². The fourth-order valence-corrected chi connectivity index (χ4v) is 4.08. The highest BCUT2D eigenvalue weighted by atomic mass is 32.2. The Kier molecular flexibility index (Phi) is 6.42. The first-order chi connectivity index (χ1) is 14.3. The van der Waals surface area contributed by atoms with E-state index in [9.17, 15) is 13.2 Å². The average Bonchev–Trinajstić information content (AvgIpc) is 2.73. The molecule has 1 amide bonds. The predicted molar refractivity (Wildman–Crippen MR) is 117 cm³/mol. The van der Waals surface area contributed by atoms with Gasteiger partial charge in [-0.25, -0.2) is 8.42 Å². The third kappa shape index (κ3) is 5.18. The maximum absolute atomic E-state index is 12.7. The number of amides is 1. The fourth-order valence-electron chi connectivity index (χ4n) is 3.03. The van der Waals surface area contributed by atoms with Crippen LogP contribution in [0.4, 0.5) is 5.69 Å². The van der Waals surface area contributed by atoms with Gasteiger partial charge in [0, 0.05) is 24.8 Å². The Morgan fingerprint density at radius 2 is 1.67 bits per heavy atom. The molecule has 3 aromatic rings. The number of nitrogens with zero attached hydrogens (tertiary/aromatic N) is 1. The second-order valence-electron chi connectivity index (χ2n) is 7.01. The molecular formula is C23H24N2O4S. The number of rotatable bonds is 7. The second kappa shape index (κ2) is 9.00. The van der Waals surface area contributed by atoms with Crippen LogP contribution in [0.5, 0.6) is 5.75 Å². The Bertz CT molecular complexity index is 1120. The number of hydrogen-bond donors (Lipinski definition) is 1. The molecule has 0 radical (unpaired) electrons. The average molecular weight is 425 g/mol. The standard InChI is InChI=1S/C23H24N2O4S/c1-17-5-4-6-18(15-17)16-25(2)23(26)19-7-9-20(10-8-19)24-30(27,28)22-13-11-21(29-3)12-14-22/h4-15,24H,16H2,1-3H3. The number of carbonyl (C=O) groups excluding carboxylic acids is 1. The molecule has 0 spiro atoms. The third-order valence-electron chi connectivity index (χ3n) is 4.60. The molecule has 30 heavy (non-hydrogen) atoms. The quantitative estimate of drug-likeness (QED) is 0.620. The van der Waals surface area contributed by atoms with Gasteiger partial charge < -0.3 is 9.64 Å². The summed E-state index contributed by atoms with van der Waals surface area (Å²) in [5, 5.41) is 0. The Morgan fingerprint density at radius 1 is 1.00 bits per heavy atom. The van der Waals surface area contributed by atoms with Gasteiger partial charge in [0.25, 0.3) is 15.9 Å². The molecule has 0 aliphatic heterocycles. The minimum Gasteiger partial charge on any atom is -0.497 e. The lowest BCUT2D eigenvalue weighted by Gasteiger charge is -2.18. The van der Waals surface area contributed by atoms with Crippen LogP contribution in [0.1, 0.15) is 21.5 Å². The second-order valence-corrected chi connectivity index (χ2v) is 8.69. The minimum atomic E-state index is -3.73. The summed E-state index contributed by atoms with van der Waals surface area (Å²) in [6.45, 7) is 2.50. The van der Waals surface area contributed by atoms with Gasteiger partial charge in [0.05, 0.1) is 12.0 Å². The van der Waals surface area contributed by atoms with Crippen LogP contribution < -0.4 is 9.46 Å². The largest absolute Gasteiger partial charge is 0.497 e. The predicted octanol–water partition coefficient (Wildman–Crippen LogP) is 4.08. The summed E-state index contributed by atoms with van der Waals surface area (Å²) < 4.78 is 32.6. The molecule has 0 saturated heterocycles. The summed E-state index contributed by atoms with van der Waals surface area (Å²) in [6.07, 6.45) is 0. The van der Waals surface area contributed by atoms with Crippen molar-refractivity contribution in [1.82, 2.24) is 4.90 Å². The molecule has 3 aromatic carbocycles. The van der Waals surface area contributed by atoms with E-state index in [1.54, 1.807) is 48.3 Å². The monoisotopic (exact) mass is 424 g/mol. The van der Waals surface area contributed by atoms with E-state index in [4.69, 9.17) is 4.74 Å². The van der Waals surface area contributed by atoms with Crippen LogP contribution in [0.3, 0.4) is 0 Å². The molecule has 0 bridgehead atoms. The van der Waals surface area contributed by atoms with E-state index in [0.29, 0.717) is 23.5 Å². The number of ether oxygens (including phenoxy) is 1. The zero-order valence-electron chi connectivity index (χ0n) is 17.1. The van der Waals surface area contributed by atoms with Crippen LogP contribution in [-0.2, 0) is 16.6 Å². The highest BCUT2D eigenvalue weighted by molar-refractivity contribution is 7.92. The summed E-state index contributed by atoms with van der Waals surface area (Å²) in [7, 11) is -0.476. The number of nitrogens with one attached hydrogen (secondary N) is 1. The first-order valence-electron chi connectivity index (χ1n) is 9.36. The summed E-state index contributed by atoms with van der Waals surface area (Å²) in [5.41, 5.74) is 3.05. The van der Waals surface area contributed by atoms with Crippen molar-refractivity contribution in [2.24, 2.45) is 0 Å². The summed E-state index contributed by atoms with van der Waals surface area (Å²) in [6, 6.07) is 20.5. The first kappa shape index (κ1) is 21.4. The lowest BCUT2D eigenvalue weighted by atomic mass is 10.1. The van der Waals surface area contributed by atoms with E-state index in [0.717, 1.165) is 11.1 Å². The molecular weight excluding hydrogens is 400 g/mol. The van der Waals surface area contributed by atoms with Crippen LogP contribution in [0.2, 0.25) is 0 Å². The van der Waals surface area contributed by atoms with Crippen molar-refractivity contribution in [3.8, 4) is 5.75 Å². The number of aryl methyl sites for hydroxylation is 1. The van der Waals surface area contributed by atoms with Crippen LogP contribution in [0, 0.1) is 6.92 Å². The molecule has 6 nitrogen and oxygen atoms in total. The van der Waals surface area contributed by atoms with Gasteiger partial charge in [0.15, 0.2) is 0 Å². The SMILES string of the molecule is COc1ccc(S(=O)(=O)Nc2ccc(C(=O)N(C)Cc3cccc(C)c3)cc2)cc1. The van der Waals surface area contributed by atoms with Crippen molar-refractivity contribution in [2.45, 2.75) is 18.4 Å². The van der Waals surface area contributed by atoms with Crippen LogP contribution in [-0.4, -0.2) is 33.4 Å². The van der Waals surface area contributed by atoms with Crippen LogP contribution >= 0.6 is 0 Å².